The zero-order valence-corrected chi connectivity index (χ0v) is 23.2. The van der Waals surface area contributed by atoms with E-state index in [4.69, 9.17) is 17.3 Å². The van der Waals surface area contributed by atoms with Crippen molar-refractivity contribution in [3.05, 3.63) is 35.4 Å². The molecule has 9 nitrogen and oxygen atoms in total. The van der Waals surface area contributed by atoms with Crippen LogP contribution in [0.1, 0.15) is 66.7 Å². The lowest BCUT2D eigenvalue weighted by molar-refractivity contribution is -0.0114. The third kappa shape index (κ3) is 7.01. The van der Waals surface area contributed by atoms with Gasteiger partial charge in [-0.15, -0.1) is 0 Å². The van der Waals surface area contributed by atoms with Crippen LogP contribution in [0.5, 0.6) is 0 Å². The van der Waals surface area contributed by atoms with E-state index in [1.165, 1.54) is 4.90 Å². The summed E-state index contributed by atoms with van der Waals surface area (Å²) in [6, 6.07) is 6.16. The zero-order chi connectivity index (χ0) is 27.4. The zero-order valence-electron chi connectivity index (χ0n) is 22.2. The summed E-state index contributed by atoms with van der Waals surface area (Å²) in [5.74, 6) is -0.834. The van der Waals surface area contributed by atoms with Gasteiger partial charge < -0.3 is 24.7 Å². The number of alkyl carbamates (subject to hydrolysis) is 1. The molecule has 1 saturated heterocycles. The van der Waals surface area contributed by atoms with Crippen molar-refractivity contribution in [1.82, 2.24) is 10.2 Å². The van der Waals surface area contributed by atoms with Crippen LogP contribution in [0, 0.1) is 5.92 Å². The third-order valence-electron chi connectivity index (χ3n) is 7.81. The molecule has 3 N–H and O–H groups in total. The number of aliphatic hydroxyl groups excluding tert-OH is 1. The SMILES string of the molecule is [B][C@@H]1O[C@H](COC(=O)NCCCCCCN2C(=O)c3ccccc3C2=O)[C@H](O)C1CC(C)(C)[Si](C)(C)O. The van der Waals surface area contributed by atoms with Gasteiger partial charge in [-0.05, 0) is 49.5 Å². The van der Waals surface area contributed by atoms with Crippen molar-refractivity contribution in [2.75, 3.05) is 19.7 Å². The van der Waals surface area contributed by atoms with Crippen LogP contribution >= 0.6 is 0 Å². The average molecular weight is 531 g/mol. The predicted octanol–water partition coefficient (Wildman–Crippen LogP) is 2.81. The average Bonchev–Trinajstić information content (AvgIpc) is 3.23. The third-order valence-corrected chi connectivity index (χ3v) is 11.3. The first kappa shape index (κ1) is 29.3. The molecule has 0 spiro atoms. The highest BCUT2D eigenvalue weighted by Crippen LogP contribution is 2.45. The summed E-state index contributed by atoms with van der Waals surface area (Å²) in [4.78, 5) is 48.6. The number of hydrogen-bond acceptors (Lipinski definition) is 7. The number of unbranched alkanes of at least 4 members (excludes halogenated alkanes) is 3. The number of aliphatic hydroxyl groups is 1. The minimum atomic E-state index is -2.47. The normalized spacial score (nSPS) is 23.9. The van der Waals surface area contributed by atoms with E-state index in [0.717, 1.165) is 19.3 Å². The van der Waals surface area contributed by atoms with Crippen LogP contribution in [0.15, 0.2) is 24.3 Å². The van der Waals surface area contributed by atoms with Crippen molar-refractivity contribution < 1.29 is 33.8 Å². The van der Waals surface area contributed by atoms with Crippen LogP contribution in [0.2, 0.25) is 18.1 Å². The number of ether oxygens (including phenoxy) is 2. The summed E-state index contributed by atoms with van der Waals surface area (Å²) in [5, 5.41) is 13.0. The Hall–Kier alpha value is -2.21. The number of imide groups is 1. The van der Waals surface area contributed by atoms with E-state index < -0.39 is 32.6 Å². The van der Waals surface area contributed by atoms with E-state index in [1.807, 2.05) is 26.9 Å². The first-order valence-corrected chi connectivity index (χ1v) is 16.0. The molecule has 0 aromatic heterocycles. The van der Waals surface area contributed by atoms with Gasteiger partial charge in [0.2, 0.25) is 0 Å². The second-order valence-electron chi connectivity index (χ2n) is 11.2. The second kappa shape index (κ2) is 12.1. The fourth-order valence-corrected chi connectivity index (χ4v) is 5.39. The highest BCUT2D eigenvalue weighted by atomic mass is 28.4. The minimum absolute atomic E-state index is 0.113. The van der Waals surface area contributed by atoms with Crippen molar-refractivity contribution >= 4 is 34.1 Å². The Morgan fingerprint density at radius 1 is 1.14 bits per heavy atom. The molecule has 2 heterocycles. The summed E-state index contributed by atoms with van der Waals surface area (Å²) < 4.78 is 10.9. The fourth-order valence-electron chi connectivity index (χ4n) is 4.66. The van der Waals surface area contributed by atoms with Gasteiger partial charge in [-0.3, -0.25) is 14.5 Å². The number of benzene rings is 1. The number of hydrogen-bond donors (Lipinski definition) is 3. The highest BCUT2D eigenvalue weighted by Gasteiger charge is 2.47. The van der Waals surface area contributed by atoms with Crippen molar-refractivity contribution in [3.63, 3.8) is 0 Å². The maximum Gasteiger partial charge on any atom is 0.407 e. The molecule has 3 rings (SSSR count). The lowest BCUT2D eigenvalue weighted by Crippen LogP contribution is -2.43. The lowest BCUT2D eigenvalue weighted by Gasteiger charge is -2.38. The monoisotopic (exact) mass is 530 g/mol. The van der Waals surface area contributed by atoms with Crippen LogP contribution < -0.4 is 5.32 Å². The molecule has 1 unspecified atom stereocenters. The smallest absolute Gasteiger partial charge is 0.407 e. The van der Waals surface area contributed by atoms with E-state index in [-0.39, 0.29) is 29.4 Å². The summed E-state index contributed by atoms with van der Waals surface area (Å²) in [6.45, 7) is 8.36. The van der Waals surface area contributed by atoms with Gasteiger partial charge >= 0.3 is 6.09 Å². The molecule has 2 radical (unpaired) electrons. The second-order valence-corrected chi connectivity index (χ2v) is 15.7. The summed E-state index contributed by atoms with van der Waals surface area (Å²) in [7, 11) is 3.61. The van der Waals surface area contributed by atoms with Crippen LogP contribution in [0.4, 0.5) is 4.79 Å². The molecule has 37 heavy (non-hydrogen) atoms. The molecule has 0 bridgehead atoms. The topological polar surface area (TPSA) is 125 Å². The van der Waals surface area contributed by atoms with E-state index >= 15 is 0 Å². The Balaban J connectivity index is 1.28. The Labute approximate surface area is 221 Å². The lowest BCUT2D eigenvalue weighted by atomic mass is 9.79. The van der Waals surface area contributed by atoms with Gasteiger partial charge in [0.1, 0.15) is 20.6 Å². The maximum atomic E-state index is 12.4. The predicted molar refractivity (Wildman–Crippen MR) is 142 cm³/mol. The number of fused-ring (bicyclic) bond motifs is 1. The highest BCUT2D eigenvalue weighted by molar-refractivity contribution is 6.72. The van der Waals surface area contributed by atoms with Gasteiger partial charge in [0, 0.05) is 25.0 Å². The van der Waals surface area contributed by atoms with Gasteiger partial charge in [-0.1, -0.05) is 38.8 Å². The maximum absolute atomic E-state index is 12.4. The standard InChI is InChI=1S/C26H39BN2O7Si/c1-26(2,37(3,4)34)15-19-21(30)20(36-22(19)27)16-35-25(33)28-13-9-5-6-10-14-29-23(31)17-11-7-8-12-18(17)24(29)32/h7-8,11-12,19-22,30,34H,5-6,9-10,13-16H2,1-4H3,(H,28,33)/t19?,20-,21-,22-/m1/s1. The molecular formula is C26H39BN2O7Si. The number of rotatable bonds is 12. The van der Waals surface area contributed by atoms with Gasteiger partial charge in [0.25, 0.3) is 11.8 Å². The Morgan fingerprint density at radius 3 is 2.32 bits per heavy atom. The molecule has 2 aliphatic heterocycles. The number of carbonyl (C=O) groups excluding carboxylic acids is 3. The first-order chi connectivity index (χ1) is 17.3. The number of nitrogens with one attached hydrogen (secondary N) is 1. The molecule has 202 valence electrons. The van der Waals surface area contributed by atoms with Crippen molar-refractivity contribution in [2.45, 2.75) is 82.3 Å². The first-order valence-electron chi connectivity index (χ1n) is 13.0. The Morgan fingerprint density at radius 2 is 1.73 bits per heavy atom. The molecule has 1 aromatic rings. The molecule has 1 fully saturated rings. The molecule has 2 aliphatic rings. The van der Waals surface area contributed by atoms with Gasteiger partial charge in [-0.2, -0.15) is 0 Å². The molecule has 4 atom stereocenters. The minimum Gasteiger partial charge on any atom is -0.447 e. The Bertz CT molecular complexity index is 949. The molecular weight excluding hydrogens is 491 g/mol. The molecule has 1 aromatic carbocycles. The van der Waals surface area contributed by atoms with Gasteiger partial charge in [0.05, 0.1) is 17.2 Å². The fraction of sp³-hybridized carbons (Fsp3) is 0.654. The van der Waals surface area contributed by atoms with E-state index in [0.29, 0.717) is 37.1 Å². The van der Waals surface area contributed by atoms with E-state index in [9.17, 15) is 24.3 Å². The molecule has 3 amide bonds. The summed E-state index contributed by atoms with van der Waals surface area (Å²) >= 11 is 0. The number of amides is 3. The van der Waals surface area contributed by atoms with E-state index in [1.54, 1.807) is 24.3 Å². The molecule has 0 saturated carbocycles. The van der Waals surface area contributed by atoms with Gasteiger partial charge in [-0.25, -0.2) is 4.79 Å². The van der Waals surface area contributed by atoms with Crippen LogP contribution in [0.3, 0.4) is 0 Å². The van der Waals surface area contributed by atoms with Crippen LogP contribution in [-0.2, 0) is 9.47 Å². The van der Waals surface area contributed by atoms with Crippen LogP contribution in [0.25, 0.3) is 0 Å². The molecule has 0 aliphatic carbocycles. The summed E-state index contributed by atoms with van der Waals surface area (Å²) in [6.07, 6.45) is 1.38. The number of carbonyl (C=O) groups is 3. The van der Waals surface area contributed by atoms with Crippen molar-refractivity contribution in [3.8, 4) is 0 Å². The largest absolute Gasteiger partial charge is 0.447 e. The Kier molecular flexibility index (Phi) is 9.60. The van der Waals surface area contributed by atoms with Crippen molar-refractivity contribution in [1.29, 1.82) is 0 Å². The van der Waals surface area contributed by atoms with E-state index in [2.05, 4.69) is 5.32 Å². The van der Waals surface area contributed by atoms with Gasteiger partial charge in [0.15, 0.2) is 8.32 Å². The van der Waals surface area contributed by atoms with Crippen molar-refractivity contribution in [2.24, 2.45) is 5.92 Å². The number of nitrogens with zero attached hydrogens (tertiary/aromatic N) is 1. The quantitative estimate of drug-likeness (QED) is 0.216. The summed E-state index contributed by atoms with van der Waals surface area (Å²) in [5.41, 5.74) is 0.922. The molecule has 11 heteroatoms. The van der Waals surface area contributed by atoms with Crippen LogP contribution in [-0.4, -0.2) is 86.8 Å².